The van der Waals surface area contributed by atoms with Crippen LogP contribution >= 0.6 is 23.2 Å². The van der Waals surface area contributed by atoms with Gasteiger partial charge >= 0.3 is 12.3 Å². The fraction of sp³-hybridized carbons (Fsp3) is 0.267. The minimum absolute atomic E-state index is 0.0662. The molecule has 2 rings (SSSR count). The quantitative estimate of drug-likeness (QED) is 0.753. The Balaban J connectivity index is 2.65. The molecule has 0 bridgehead atoms. The molecule has 2 N–H and O–H groups in total. The summed E-state index contributed by atoms with van der Waals surface area (Å²) in [5.74, 6) is -0.996. The van der Waals surface area contributed by atoms with Crippen molar-refractivity contribution in [2.45, 2.75) is 25.9 Å². The number of allylic oxidation sites excluding steroid dienone is 1. The molecule has 0 fully saturated rings. The average Bonchev–Trinajstić information content (AvgIpc) is 2.47. The number of rotatable bonds is 3. The van der Waals surface area contributed by atoms with Crippen molar-refractivity contribution >= 4 is 41.2 Å². The van der Waals surface area contributed by atoms with E-state index in [1.54, 1.807) is 32.0 Å². The molecule has 0 radical (unpaired) electrons. The normalized spacial score (nSPS) is 20.4. The molecule has 0 aliphatic carbocycles. The highest BCUT2D eigenvalue weighted by atomic mass is 35.5. The van der Waals surface area contributed by atoms with Gasteiger partial charge in [0.15, 0.2) is 6.10 Å². The van der Waals surface area contributed by atoms with Gasteiger partial charge in [0.1, 0.15) is 5.76 Å². The molecule has 0 amide bonds. The standard InChI is InChI=1S/C15H13Cl2NO6/c1-6-12(23-14(19)20)10(8-4-3-5-9(16)11(8)17)13(7(2)18-6)24-15(21)22/h3-5,10,12H,1-2H3,(H,19,20)(H,21,22). The van der Waals surface area contributed by atoms with Crippen LogP contribution in [0, 0.1) is 0 Å². The number of carbonyl (C=O) groups is 2. The van der Waals surface area contributed by atoms with Crippen LogP contribution in [0.15, 0.2) is 34.6 Å². The summed E-state index contributed by atoms with van der Waals surface area (Å²) in [6, 6.07) is 4.75. The van der Waals surface area contributed by atoms with Gasteiger partial charge in [0.05, 0.1) is 27.4 Å². The minimum atomic E-state index is -1.56. The second kappa shape index (κ2) is 7.11. The molecule has 24 heavy (non-hydrogen) atoms. The zero-order chi connectivity index (χ0) is 18.0. The van der Waals surface area contributed by atoms with E-state index in [4.69, 9.17) is 42.9 Å². The second-order valence-corrected chi connectivity index (χ2v) is 5.78. The Morgan fingerprint density at radius 3 is 2.42 bits per heavy atom. The average molecular weight is 374 g/mol. The lowest BCUT2D eigenvalue weighted by Gasteiger charge is -2.31. The molecule has 2 atom stereocenters. The molecule has 128 valence electrons. The van der Waals surface area contributed by atoms with E-state index in [2.05, 4.69) is 4.99 Å². The van der Waals surface area contributed by atoms with E-state index >= 15 is 0 Å². The van der Waals surface area contributed by atoms with Crippen LogP contribution < -0.4 is 0 Å². The first-order valence-electron chi connectivity index (χ1n) is 6.72. The predicted octanol–water partition coefficient (Wildman–Crippen LogP) is 4.54. The molecule has 9 heteroatoms. The van der Waals surface area contributed by atoms with E-state index in [1.165, 1.54) is 0 Å². The number of halogens is 2. The summed E-state index contributed by atoms with van der Waals surface area (Å²) >= 11 is 12.2. The smallest absolute Gasteiger partial charge is 0.450 e. The zero-order valence-electron chi connectivity index (χ0n) is 12.6. The Hall–Kier alpha value is -2.25. The zero-order valence-corrected chi connectivity index (χ0v) is 14.1. The lowest BCUT2D eigenvalue weighted by atomic mass is 9.86. The third-order valence-electron chi connectivity index (χ3n) is 3.44. The number of hydrogen-bond donors (Lipinski definition) is 2. The molecule has 1 aromatic carbocycles. The predicted molar refractivity (Wildman–Crippen MR) is 87.0 cm³/mol. The Bertz CT molecular complexity index is 758. The summed E-state index contributed by atoms with van der Waals surface area (Å²) in [5, 5.41) is 18.4. The Morgan fingerprint density at radius 2 is 1.83 bits per heavy atom. The first-order valence-corrected chi connectivity index (χ1v) is 7.48. The van der Waals surface area contributed by atoms with Gasteiger partial charge in [-0.15, -0.1) is 0 Å². The van der Waals surface area contributed by atoms with Crippen LogP contribution in [0.5, 0.6) is 0 Å². The van der Waals surface area contributed by atoms with E-state index in [9.17, 15) is 9.59 Å². The van der Waals surface area contributed by atoms with Crippen LogP contribution in [0.1, 0.15) is 25.3 Å². The van der Waals surface area contributed by atoms with Crippen molar-refractivity contribution in [3.63, 3.8) is 0 Å². The fourth-order valence-electron chi connectivity index (χ4n) is 2.55. The van der Waals surface area contributed by atoms with E-state index in [-0.39, 0.29) is 21.5 Å². The van der Waals surface area contributed by atoms with Gasteiger partial charge < -0.3 is 19.7 Å². The summed E-state index contributed by atoms with van der Waals surface area (Å²) in [6.45, 7) is 3.12. The van der Waals surface area contributed by atoms with Gasteiger partial charge in [-0.1, -0.05) is 35.3 Å². The summed E-state index contributed by atoms with van der Waals surface area (Å²) in [7, 11) is 0. The molecule has 2 unspecified atom stereocenters. The van der Waals surface area contributed by atoms with Crippen molar-refractivity contribution in [1.29, 1.82) is 0 Å². The minimum Gasteiger partial charge on any atom is -0.450 e. The van der Waals surface area contributed by atoms with Crippen molar-refractivity contribution in [2.24, 2.45) is 4.99 Å². The van der Waals surface area contributed by atoms with Crippen molar-refractivity contribution in [3.05, 3.63) is 45.3 Å². The first kappa shape index (κ1) is 18.1. The number of benzene rings is 1. The number of carboxylic acid groups (broad SMARTS) is 2. The Kier molecular flexibility index (Phi) is 5.36. The Morgan fingerprint density at radius 1 is 1.17 bits per heavy atom. The molecule has 0 aromatic heterocycles. The molecule has 0 saturated heterocycles. The fourth-order valence-corrected chi connectivity index (χ4v) is 2.97. The molecule has 1 heterocycles. The summed E-state index contributed by atoms with van der Waals surface area (Å²) in [4.78, 5) is 26.2. The van der Waals surface area contributed by atoms with Gasteiger partial charge in [-0.3, -0.25) is 4.99 Å². The van der Waals surface area contributed by atoms with Gasteiger partial charge in [0.2, 0.25) is 0 Å². The highest BCUT2D eigenvalue weighted by molar-refractivity contribution is 6.42. The van der Waals surface area contributed by atoms with Crippen molar-refractivity contribution in [1.82, 2.24) is 0 Å². The number of ether oxygens (including phenoxy) is 2. The van der Waals surface area contributed by atoms with Crippen molar-refractivity contribution in [3.8, 4) is 0 Å². The molecular weight excluding hydrogens is 361 g/mol. The highest BCUT2D eigenvalue weighted by Gasteiger charge is 2.40. The number of nitrogens with zero attached hydrogens (tertiary/aromatic N) is 1. The van der Waals surface area contributed by atoms with E-state index in [0.29, 0.717) is 11.3 Å². The lowest BCUT2D eigenvalue weighted by molar-refractivity contribution is 0.0578. The van der Waals surface area contributed by atoms with E-state index in [0.717, 1.165) is 0 Å². The summed E-state index contributed by atoms with van der Waals surface area (Å²) in [5.41, 5.74) is 0.995. The van der Waals surface area contributed by atoms with Crippen LogP contribution in [0.2, 0.25) is 10.0 Å². The maximum Gasteiger partial charge on any atom is 0.511 e. The number of hydrogen-bond acceptors (Lipinski definition) is 5. The van der Waals surface area contributed by atoms with Gasteiger partial charge in [-0.05, 0) is 25.5 Å². The highest BCUT2D eigenvalue weighted by Crippen LogP contribution is 2.41. The third-order valence-corrected chi connectivity index (χ3v) is 4.27. The van der Waals surface area contributed by atoms with Crippen molar-refractivity contribution in [2.75, 3.05) is 0 Å². The molecule has 0 spiro atoms. The lowest BCUT2D eigenvalue weighted by Crippen LogP contribution is -2.36. The molecule has 7 nitrogen and oxygen atoms in total. The summed E-state index contributed by atoms with van der Waals surface area (Å²) < 4.78 is 9.74. The molecule has 1 aliphatic heterocycles. The SMILES string of the molecule is CC1=NC(C)=C(OC(=O)O)C(c2cccc(Cl)c2Cl)C1OC(=O)O. The first-order chi connectivity index (χ1) is 11.2. The van der Waals surface area contributed by atoms with Gasteiger partial charge in [0.25, 0.3) is 0 Å². The van der Waals surface area contributed by atoms with Crippen LogP contribution in [0.4, 0.5) is 9.59 Å². The maximum absolute atomic E-state index is 11.0. The van der Waals surface area contributed by atoms with Crippen LogP contribution in [0.25, 0.3) is 0 Å². The van der Waals surface area contributed by atoms with Crippen LogP contribution in [-0.2, 0) is 9.47 Å². The third kappa shape index (κ3) is 3.63. The molecule has 1 aliphatic rings. The van der Waals surface area contributed by atoms with Gasteiger partial charge in [0, 0.05) is 0 Å². The van der Waals surface area contributed by atoms with Gasteiger partial charge in [-0.25, -0.2) is 9.59 Å². The van der Waals surface area contributed by atoms with Gasteiger partial charge in [-0.2, -0.15) is 0 Å². The van der Waals surface area contributed by atoms with E-state index in [1.807, 2.05) is 0 Å². The number of aliphatic imine (C=N–C) groups is 1. The monoisotopic (exact) mass is 373 g/mol. The topological polar surface area (TPSA) is 105 Å². The van der Waals surface area contributed by atoms with Crippen LogP contribution in [-0.4, -0.2) is 34.3 Å². The molecule has 0 saturated carbocycles. The largest absolute Gasteiger partial charge is 0.511 e. The molecule has 1 aromatic rings. The van der Waals surface area contributed by atoms with Crippen LogP contribution in [0.3, 0.4) is 0 Å². The van der Waals surface area contributed by atoms with Crippen molar-refractivity contribution < 1.29 is 29.3 Å². The summed E-state index contributed by atoms with van der Waals surface area (Å²) in [6.07, 6.45) is -4.19. The second-order valence-electron chi connectivity index (χ2n) is 5.00. The maximum atomic E-state index is 11.0. The molecular formula is C15H13Cl2NO6. The Labute approximate surface area is 147 Å². The van der Waals surface area contributed by atoms with E-state index < -0.39 is 24.3 Å².